The third-order valence-corrected chi connectivity index (χ3v) is 3.47. The van der Waals surface area contributed by atoms with Gasteiger partial charge in [0.25, 0.3) is 0 Å². The molecule has 1 aliphatic rings. The summed E-state index contributed by atoms with van der Waals surface area (Å²) in [4.78, 5) is 21.4. The van der Waals surface area contributed by atoms with Crippen LogP contribution in [-0.4, -0.2) is 22.9 Å². The Bertz CT molecular complexity index is 733. The lowest BCUT2D eigenvalue weighted by atomic mass is 9.98. The van der Waals surface area contributed by atoms with Gasteiger partial charge in [-0.3, -0.25) is 4.79 Å². The molecule has 0 atom stereocenters. The van der Waals surface area contributed by atoms with E-state index in [1.807, 2.05) is 24.3 Å². The van der Waals surface area contributed by atoms with Crippen LogP contribution >= 0.6 is 0 Å². The second-order valence-corrected chi connectivity index (χ2v) is 4.67. The number of nitrogens with zero attached hydrogens (tertiary/aromatic N) is 4. The molecule has 0 radical (unpaired) electrons. The lowest BCUT2D eigenvalue weighted by molar-refractivity contribution is -0.118. The van der Waals surface area contributed by atoms with Crippen molar-refractivity contribution in [3.8, 4) is 17.3 Å². The first-order chi connectivity index (χ1) is 9.69. The van der Waals surface area contributed by atoms with Gasteiger partial charge in [0.2, 0.25) is 11.7 Å². The first-order valence-corrected chi connectivity index (χ1v) is 6.32. The number of benzene rings is 1. The number of hydrogen-bond acceptors (Lipinski definition) is 4. The Balaban J connectivity index is 2.05. The molecule has 0 bridgehead atoms. The summed E-state index contributed by atoms with van der Waals surface area (Å²) in [6.07, 6.45) is 2.85. The van der Waals surface area contributed by atoms with Crippen LogP contribution in [0.3, 0.4) is 0 Å². The molecule has 1 amide bonds. The number of carbonyl (C=O) groups excluding carboxylic acids is 1. The first-order valence-electron chi connectivity index (χ1n) is 6.32. The van der Waals surface area contributed by atoms with Crippen molar-refractivity contribution in [2.45, 2.75) is 12.8 Å². The predicted octanol–water partition coefficient (Wildman–Crippen LogP) is 1.92. The van der Waals surface area contributed by atoms with Crippen molar-refractivity contribution in [2.24, 2.45) is 0 Å². The van der Waals surface area contributed by atoms with Gasteiger partial charge in [-0.1, -0.05) is 6.07 Å². The molecule has 0 aliphatic carbocycles. The highest BCUT2D eigenvalue weighted by Crippen LogP contribution is 2.30. The number of aromatic nitrogens is 2. The van der Waals surface area contributed by atoms with E-state index in [1.54, 1.807) is 24.2 Å². The van der Waals surface area contributed by atoms with Gasteiger partial charge in [0.1, 0.15) is 6.07 Å². The zero-order chi connectivity index (χ0) is 14.1. The van der Waals surface area contributed by atoms with Crippen LogP contribution in [-0.2, 0) is 11.2 Å². The van der Waals surface area contributed by atoms with E-state index < -0.39 is 0 Å². The standard InChI is InChI=1S/C15H12N4O/c1-19-13-4-2-10(8-11(13)3-5-15(19)20)12-6-7-17-14(9-16)18-12/h2,4,6-8H,3,5H2,1H3. The first kappa shape index (κ1) is 12.3. The van der Waals surface area contributed by atoms with Gasteiger partial charge < -0.3 is 4.90 Å². The third kappa shape index (κ3) is 2.01. The van der Waals surface area contributed by atoms with Crippen LogP contribution in [0.25, 0.3) is 11.3 Å². The summed E-state index contributed by atoms with van der Waals surface area (Å²) in [5.74, 6) is 0.298. The van der Waals surface area contributed by atoms with E-state index in [4.69, 9.17) is 5.26 Å². The Kier molecular flexibility index (Phi) is 2.92. The van der Waals surface area contributed by atoms with Crippen molar-refractivity contribution >= 4 is 11.6 Å². The van der Waals surface area contributed by atoms with Gasteiger partial charge >= 0.3 is 0 Å². The lowest BCUT2D eigenvalue weighted by Gasteiger charge is -2.26. The Morgan fingerprint density at radius 2 is 2.15 bits per heavy atom. The highest BCUT2D eigenvalue weighted by Gasteiger charge is 2.21. The van der Waals surface area contributed by atoms with Crippen LogP contribution in [0.15, 0.2) is 30.5 Å². The van der Waals surface area contributed by atoms with Crippen LogP contribution in [0.2, 0.25) is 0 Å². The molecule has 20 heavy (non-hydrogen) atoms. The summed E-state index contributed by atoms with van der Waals surface area (Å²) in [5.41, 5.74) is 3.73. The number of fused-ring (bicyclic) bond motifs is 1. The third-order valence-electron chi connectivity index (χ3n) is 3.47. The van der Waals surface area contributed by atoms with Crippen LogP contribution < -0.4 is 4.90 Å². The Hall–Kier alpha value is -2.74. The zero-order valence-corrected chi connectivity index (χ0v) is 11.0. The predicted molar refractivity (Wildman–Crippen MR) is 73.9 cm³/mol. The monoisotopic (exact) mass is 264 g/mol. The van der Waals surface area contributed by atoms with E-state index in [-0.39, 0.29) is 11.7 Å². The molecule has 2 aromatic rings. The number of anilines is 1. The van der Waals surface area contributed by atoms with Gasteiger partial charge in [-0.05, 0) is 30.2 Å². The van der Waals surface area contributed by atoms with Crippen molar-refractivity contribution in [1.82, 2.24) is 9.97 Å². The molecule has 0 N–H and O–H groups in total. The number of carbonyl (C=O) groups is 1. The Morgan fingerprint density at radius 1 is 1.30 bits per heavy atom. The van der Waals surface area contributed by atoms with E-state index in [0.29, 0.717) is 6.42 Å². The van der Waals surface area contributed by atoms with Crippen molar-refractivity contribution in [1.29, 1.82) is 5.26 Å². The quantitative estimate of drug-likeness (QED) is 0.789. The van der Waals surface area contributed by atoms with Crippen LogP contribution in [0.4, 0.5) is 5.69 Å². The van der Waals surface area contributed by atoms with E-state index in [0.717, 1.165) is 28.9 Å². The van der Waals surface area contributed by atoms with Crippen LogP contribution in [0.1, 0.15) is 17.8 Å². The highest BCUT2D eigenvalue weighted by molar-refractivity contribution is 5.96. The average Bonchev–Trinajstić information content (AvgIpc) is 2.51. The van der Waals surface area contributed by atoms with Crippen molar-refractivity contribution in [2.75, 3.05) is 11.9 Å². The molecule has 0 saturated heterocycles. The molecular weight excluding hydrogens is 252 g/mol. The summed E-state index contributed by atoms with van der Waals surface area (Å²) in [6.45, 7) is 0. The molecule has 3 rings (SSSR count). The molecule has 1 aromatic heterocycles. The summed E-state index contributed by atoms with van der Waals surface area (Å²) in [6, 6.07) is 9.59. The van der Waals surface area contributed by atoms with Crippen molar-refractivity contribution in [3.63, 3.8) is 0 Å². The fourth-order valence-corrected chi connectivity index (χ4v) is 2.39. The van der Waals surface area contributed by atoms with E-state index in [9.17, 15) is 4.79 Å². The smallest absolute Gasteiger partial charge is 0.232 e. The molecule has 2 heterocycles. The maximum absolute atomic E-state index is 11.7. The second-order valence-electron chi connectivity index (χ2n) is 4.67. The molecule has 1 aliphatic heterocycles. The van der Waals surface area contributed by atoms with Gasteiger partial charge in [0.15, 0.2) is 0 Å². The highest BCUT2D eigenvalue weighted by atomic mass is 16.2. The van der Waals surface area contributed by atoms with Crippen molar-refractivity contribution in [3.05, 3.63) is 41.9 Å². The number of hydrogen-bond donors (Lipinski definition) is 0. The molecule has 0 saturated carbocycles. The molecule has 1 aromatic carbocycles. The van der Waals surface area contributed by atoms with Crippen LogP contribution in [0, 0.1) is 11.3 Å². The Morgan fingerprint density at radius 3 is 2.95 bits per heavy atom. The maximum Gasteiger partial charge on any atom is 0.232 e. The lowest BCUT2D eigenvalue weighted by Crippen LogP contribution is -2.30. The van der Waals surface area contributed by atoms with Crippen molar-refractivity contribution < 1.29 is 4.79 Å². The summed E-state index contributed by atoms with van der Waals surface area (Å²) in [5, 5.41) is 8.85. The van der Waals surface area contributed by atoms with Gasteiger partial charge in [-0.15, -0.1) is 0 Å². The summed E-state index contributed by atoms with van der Waals surface area (Å²) >= 11 is 0. The largest absolute Gasteiger partial charge is 0.315 e. The Labute approximate surface area is 116 Å². The van der Waals surface area contributed by atoms with Crippen LogP contribution in [0.5, 0.6) is 0 Å². The fourth-order valence-electron chi connectivity index (χ4n) is 2.39. The van der Waals surface area contributed by atoms with E-state index in [1.165, 1.54) is 0 Å². The SMILES string of the molecule is CN1C(=O)CCc2cc(-c3ccnc(C#N)n3)ccc21. The van der Waals surface area contributed by atoms with E-state index in [2.05, 4.69) is 9.97 Å². The number of nitriles is 1. The molecule has 5 heteroatoms. The number of amides is 1. The topological polar surface area (TPSA) is 69.9 Å². The number of rotatable bonds is 1. The maximum atomic E-state index is 11.7. The minimum atomic E-state index is 0.138. The average molecular weight is 264 g/mol. The fraction of sp³-hybridized carbons (Fsp3) is 0.200. The summed E-state index contributed by atoms with van der Waals surface area (Å²) in [7, 11) is 1.79. The molecule has 98 valence electrons. The molecular formula is C15H12N4O. The zero-order valence-electron chi connectivity index (χ0n) is 11.0. The van der Waals surface area contributed by atoms with Gasteiger partial charge in [-0.25, -0.2) is 9.97 Å². The summed E-state index contributed by atoms with van der Waals surface area (Å²) < 4.78 is 0. The molecule has 0 spiro atoms. The number of aryl methyl sites for hydroxylation is 1. The molecule has 0 fully saturated rings. The van der Waals surface area contributed by atoms with E-state index >= 15 is 0 Å². The molecule has 5 nitrogen and oxygen atoms in total. The van der Waals surface area contributed by atoms with Gasteiger partial charge in [0, 0.05) is 30.9 Å². The molecule has 0 unspecified atom stereocenters. The van der Waals surface area contributed by atoms with Gasteiger partial charge in [-0.2, -0.15) is 5.26 Å². The minimum Gasteiger partial charge on any atom is -0.315 e. The van der Waals surface area contributed by atoms with Gasteiger partial charge in [0.05, 0.1) is 5.69 Å². The minimum absolute atomic E-state index is 0.138. The second kappa shape index (κ2) is 4.74. The normalized spacial score (nSPS) is 13.8.